The molecule has 0 unspecified atom stereocenters. The van der Waals surface area contributed by atoms with Gasteiger partial charge in [0.05, 0.1) is 16.8 Å². The minimum atomic E-state index is 0.890. The summed E-state index contributed by atoms with van der Waals surface area (Å²) in [5.41, 5.74) is 5.94. The molecule has 0 bridgehead atoms. The molecule has 2 aromatic heterocycles. The molecule has 0 atom stereocenters. The predicted octanol–water partition coefficient (Wildman–Crippen LogP) is 6.39. The fourth-order valence-corrected chi connectivity index (χ4v) is 3.29. The van der Waals surface area contributed by atoms with Crippen molar-refractivity contribution in [3.8, 4) is 11.3 Å². The van der Waals surface area contributed by atoms with Crippen molar-refractivity contribution >= 4 is 33.3 Å². The number of fused-ring (bicyclic) bond motifs is 3. The Morgan fingerprint density at radius 3 is 2.35 bits per heavy atom. The van der Waals surface area contributed by atoms with Gasteiger partial charge in [0.25, 0.3) is 0 Å². The van der Waals surface area contributed by atoms with Crippen LogP contribution in [0.3, 0.4) is 0 Å². The minimum Gasteiger partial charge on any atom is -0.456 e. The van der Waals surface area contributed by atoms with Crippen molar-refractivity contribution in [3.05, 3.63) is 91.1 Å². The average Bonchev–Trinajstić information content (AvgIpc) is 3.09. The first kappa shape index (κ1) is 14.7. The van der Waals surface area contributed by atoms with Gasteiger partial charge in [-0.25, -0.2) is 0 Å². The molecule has 0 saturated heterocycles. The van der Waals surface area contributed by atoms with Crippen LogP contribution in [0, 0.1) is 0 Å². The lowest BCUT2D eigenvalue weighted by atomic mass is 10.1. The number of hydrogen-bond donors (Lipinski definition) is 1. The van der Waals surface area contributed by atoms with Crippen LogP contribution < -0.4 is 5.32 Å². The zero-order valence-electron chi connectivity index (χ0n) is 14.0. The number of rotatable bonds is 3. The van der Waals surface area contributed by atoms with Crippen LogP contribution in [0.2, 0.25) is 0 Å². The van der Waals surface area contributed by atoms with Crippen molar-refractivity contribution in [1.29, 1.82) is 0 Å². The first-order chi connectivity index (χ1) is 12.9. The highest BCUT2D eigenvalue weighted by molar-refractivity contribution is 6.11. The molecular weight excluding hydrogens is 320 g/mol. The molecule has 0 fully saturated rings. The van der Waals surface area contributed by atoms with Crippen LogP contribution in [0.25, 0.3) is 33.2 Å². The largest absolute Gasteiger partial charge is 0.456 e. The Labute approximate surface area is 150 Å². The summed E-state index contributed by atoms with van der Waals surface area (Å²) < 4.78 is 5.96. The van der Waals surface area contributed by atoms with E-state index in [0.29, 0.717) is 0 Å². The van der Waals surface area contributed by atoms with Gasteiger partial charge < -0.3 is 9.73 Å². The zero-order chi connectivity index (χ0) is 17.3. The summed E-state index contributed by atoms with van der Waals surface area (Å²) in [4.78, 5) is 4.40. The normalized spacial score (nSPS) is 11.1. The van der Waals surface area contributed by atoms with Gasteiger partial charge in [0, 0.05) is 22.8 Å². The van der Waals surface area contributed by atoms with E-state index in [1.807, 2.05) is 54.7 Å². The predicted molar refractivity (Wildman–Crippen MR) is 107 cm³/mol. The number of nitrogens with zero attached hydrogens (tertiary/aromatic N) is 1. The number of hydrogen-bond acceptors (Lipinski definition) is 3. The third-order valence-electron chi connectivity index (χ3n) is 4.53. The third kappa shape index (κ3) is 2.50. The Hall–Kier alpha value is -3.59. The van der Waals surface area contributed by atoms with Gasteiger partial charge in [0.15, 0.2) is 0 Å². The summed E-state index contributed by atoms with van der Waals surface area (Å²) in [5.74, 6) is 0. The van der Waals surface area contributed by atoms with E-state index in [9.17, 15) is 0 Å². The topological polar surface area (TPSA) is 38.1 Å². The molecule has 26 heavy (non-hydrogen) atoms. The standard InChI is InChI=1S/C23H16N2O/c1-2-9-21-18(6-1)23-20(8-5-10-22(23)26-21)25-17-13-11-16(12-14-17)19-7-3-4-15-24-19/h1-15,25H. The lowest BCUT2D eigenvalue weighted by Crippen LogP contribution is -1.91. The molecule has 1 N–H and O–H groups in total. The molecule has 0 aliphatic rings. The summed E-state index contributed by atoms with van der Waals surface area (Å²) in [6, 6.07) is 28.5. The summed E-state index contributed by atoms with van der Waals surface area (Å²) in [5, 5.41) is 5.75. The van der Waals surface area contributed by atoms with Gasteiger partial charge in [0.2, 0.25) is 0 Å². The number of aromatic nitrogens is 1. The highest BCUT2D eigenvalue weighted by Crippen LogP contribution is 2.35. The lowest BCUT2D eigenvalue weighted by Gasteiger charge is -2.09. The van der Waals surface area contributed by atoms with Crippen molar-refractivity contribution in [2.24, 2.45) is 0 Å². The summed E-state index contributed by atoms with van der Waals surface area (Å²) >= 11 is 0. The fourth-order valence-electron chi connectivity index (χ4n) is 3.29. The smallest absolute Gasteiger partial charge is 0.137 e. The molecule has 2 heterocycles. The Morgan fingerprint density at radius 1 is 0.692 bits per heavy atom. The van der Waals surface area contributed by atoms with Gasteiger partial charge in [0.1, 0.15) is 11.2 Å². The Bertz CT molecular complexity index is 1190. The van der Waals surface area contributed by atoms with Crippen LogP contribution in [0.1, 0.15) is 0 Å². The molecule has 3 nitrogen and oxygen atoms in total. The molecule has 3 heteroatoms. The Kier molecular flexibility index (Phi) is 3.42. The molecule has 0 radical (unpaired) electrons. The molecule has 0 aliphatic heterocycles. The zero-order valence-corrected chi connectivity index (χ0v) is 14.0. The maximum atomic E-state index is 5.96. The Balaban J connectivity index is 1.53. The van der Waals surface area contributed by atoms with E-state index in [1.54, 1.807) is 0 Å². The molecule has 124 valence electrons. The first-order valence-electron chi connectivity index (χ1n) is 8.57. The van der Waals surface area contributed by atoms with E-state index in [1.165, 1.54) is 0 Å². The summed E-state index contributed by atoms with van der Waals surface area (Å²) in [6.45, 7) is 0. The van der Waals surface area contributed by atoms with Gasteiger partial charge in [-0.15, -0.1) is 0 Å². The maximum absolute atomic E-state index is 5.96. The Morgan fingerprint density at radius 2 is 1.50 bits per heavy atom. The minimum absolute atomic E-state index is 0.890. The second kappa shape index (κ2) is 6.05. The van der Waals surface area contributed by atoms with E-state index in [-0.39, 0.29) is 0 Å². The molecule has 0 aliphatic carbocycles. The van der Waals surface area contributed by atoms with Crippen LogP contribution in [0.15, 0.2) is 95.5 Å². The van der Waals surface area contributed by atoms with Gasteiger partial charge in [-0.1, -0.05) is 42.5 Å². The second-order valence-electron chi connectivity index (χ2n) is 6.19. The molecule has 5 aromatic rings. The van der Waals surface area contributed by atoms with Crippen LogP contribution in [-0.4, -0.2) is 4.98 Å². The number of nitrogens with one attached hydrogen (secondary N) is 1. The third-order valence-corrected chi connectivity index (χ3v) is 4.53. The van der Waals surface area contributed by atoms with Crippen molar-refractivity contribution in [1.82, 2.24) is 4.98 Å². The van der Waals surface area contributed by atoms with E-state index in [4.69, 9.17) is 4.42 Å². The van der Waals surface area contributed by atoms with Gasteiger partial charge in [-0.3, -0.25) is 4.98 Å². The van der Waals surface area contributed by atoms with E-state index in [2.05, 4.69) is 46.7 Å². The number of furan rings is 1. The van der Waals surface area contributed by atoms with Crippen LogP contribution in [0.5, 0.6) is 0 Å². The van der Waals surface area contributed by atoms with Crippen molar-refractivity contribution in [3.63, 3.8) is 0 Å². The number of pyridine rings is 1. The first-order valence-corrected chi connectivity index (χ1v) is 8.57. The lowest BCUT2D eigenvalue weighted by molar-refractivity contribution is 0.669. The van der Waals surface area contributed by atoms with Crippen molar-refractivity contribution in [2.75, 3.05) is 5.32 Å². The van der Waals surface area contributed by atoms with Crippen molar-refractivity contribution < 1.29 is 4.42 Å². The molecular formula is C23H16N2O. The van der Waals surface area contributed by atoms with E-state index >= 15 is 0 Å². The van der Waals surface area contributed by atoms with Gasteiger partial charge in [-0.2, -0.15) is 0 Å². The molecule has 0 spiro atoms. The van der Waals surface area contributed by atoms with Gasteiger partial charge >= 0.3 is 0 Å². The fraction of sp³-hybridized carbons (Fsp3) is 0. The average molecular weight is 336 g/mol. The number of para-hydroxylation sites is 1. The summed E-state index contributed by atoms with van der Waals surface area (Å²) in [7, 11) is 0. The van der Waals surface area contributed by atoms with E-state index in [0.717, 1.165) is 44.6 Å². The maximum Gasteiger partial charge on any atom is 0.137 e. The molecule has 5 rings (SSSR count). The second-order valence-corrected chi connectivity index (χ2v) is 6.19. The van der Waals surface area contributed by atoms with E-state index < -0.39 is 0 Å². The van der Waals surface area contributed by atoms with Gasteiger partial charge in [-0.05, 0) is 42.5 Å². The molecule has 0 saturated carbocycles. The van der Waals surface area contributed by atoms with Crippen LogP contribution >= 0.6 is 0 Å². The molecule has 3 aromatic carbocycles. The number of benzene rings is 3. The SMILES string of the molecule is c1ccc(-c2ccc(Nc3cccc4oc5ccccc5c34)cc2)nc1. The molecule has 0 amide bonds. The van der Waals surface area contributed by atoms with Crippen molar-refractivity contribution in [2.45, 2.75) is 0 Å². The van der Waals surface area contributed by atoms with Crippen LogP contribution in [0.4, 0.5) is 11.4 Å². The summed E-state index contributed by atoms with van der Waals surface area (Å²) in [6.07, 6.45) is 1.81. The quantitative estimate of drug-likeness (QED) is 0.415. The highest BCUT2D eigenvalue weighted by atomic mass is 16.3. The van der Waals surface area contributed by atoms with Crippen LogP contribution in [-0.2, 0) is 0 Å². The number of anilines is 2. The highest BCUT2D eigenvalue weighted by Gasteiger charge is 2.10. The monoisotopic (exact) mass is 336 g/mol.